The van der Waals surface area contributed by atoms with Crippen molar-refractivity contribution in [1.29, 1.82) is 0 Å². The van der Waals surface area contributed by atoms with E-state index >= 15 is 0 Å². The predicted molar refractivity (Wildman–Crippen MR) is 91.9 cm³/mol. The minimum absolute atomic E-state index is 0.000891. The third kappa shape index (κ3) is 4.96. The second kappa shape index (κ2) is 7.34. The smallest absolute Gasteiger partial charge is 0.410 e. The summed E-state index contributed by atoms with van der Waals surface area (Å²) in [4.78, 5) is 28.3. The molecule has 23 heavy (non-hydrogen) atoms. The minimum Gasteiger partial charge on any atom is -0.444 e. The third-order valence-electron chi connectivity index (χ3n) is 3.85. The van der Waals surface area contributed by atoms with Gasteiger partial charge in [0.25, 0.3) is 5.91 Å². The van der Waals surface area contributed by atoms with E-state index in [0.717, 1.165) is 19.3 Å². The van der Waals surface area contributed by atoms with E-state index in [1.165, 1.54) is 11.3 Å². The Kier molecular flexibility index (Phi) is 5.68. The molecule has 128 valence electrons. The van der Waals surface area contributed by atoms with Gasteiger partial charge in [-0.2, -0.15) is 11.3 Å². The first kappa shape index (κ1) is 17.8. The lowest BCUT2D eigenvalue weighted by Gasteiger charge is -2.38. The molecule has 1 aliphatic rings. The van der Waals surface area contributed by atoms with Crippen LogP contribution >= 0.6 is 11.3 Å². The fraction of sp³-hybridized carbons (Fsp3) is 0.647. The Labute approximate surface area is 142 Å². The number of carbonyl (C=O) groups excluding carboxylic acids is 2. The summed E-state index contributed by atoms with van der Waals surface area (Å²) in [5.74, 6) is 0.000891. The Bertz CT molecular complexity index is 537. The van der Waals surface area contributed by atoms with Crippen molar-refractivity contribution in [3.63, 3.8) is 0 Å². The molecule has 0 aromatic carbocycles. The van der Waals surface area contributed by atoms with Gasteiger partial charge in [0, 0.05) is 25.5 Å². The van der Waals surface area contributed by atoms with Gasteiger partial charge in [0.1, 0.15) is 5.60 Å². The highest BCUT2D eigenvalue weighted by Crippen LogP contribution is 2.21. The molecule has 1 fully saturated rings. The van der Waals surface area contributed by atoms with E-state index in [1.54, 1.807) is 16.8 Å². The summed E-state index contributed by atoms with van der Waals surface area (Å²) in [6.07, 6.45) is 2.68. The Morgan fingerprint density at radius 3 is 2.74 bits per heavy atom. The lowest BCUT2D eigenvalue weighted by molar-refractivity contribution is 0.00605. The van der Waals surface area contributed by atoms with Gasteiger partial charge in [-0.05, 0) is 51.5 Å². The maximum atomic E-state index is 12.4. The van der Waals surface area contributed by atoms with Crippen LogP contribution in [-0.2, 0) is 4.74 Å². The molecule has 1 saturated heterocycles. The highest BCUT2D eigenvalue weighted by atomic mass is 32.1. The van der Waals surface area contributed by atoms with Crippen LogP contribution in [0.15, 0.2) is 16.8 Å². The van der Waals surface area contributed by atoms with Crippen LogP contribution < -0.4 is 0 Å². The molecule has 0 bridgehead atoms. The van der Waals surface area contributed by atoms with E-state index in [-0.39, 0.29) is 18.0 Å². The van der Waals surface area contributed by atoms with E-state index in [9.17, 15) is 9.59 Å². The molecular formula is C17H26N2O3S. The summed E-state index contributed by atoms with van der Waals surface area (Å²) in [6, 6.07) is 1.85. The van der Waals surface area contributed by atoms with E-state index in [4.69, 9.17) is 4.74 Å². The van der Waals surface area contributed by atoms with Crippen LogP contribution in [0.4, 0.5) is 4.79 Å². The summed E-state index contributed by atoms with van der Waals surface area (Å²) in [6.45, 7) is 6.84. The summed E-state index contributed by atoms with van der Waals surface area (Å²) in [7, 11) is 1.79. The maximum Gasteiger partial charge on any atom is 0.410 e. The van der Waals surface area contributed by atoms with Crippen LogP contribution in [0.2, 0.25) is 0 Å². The van der Waals surface area contributed by atoms with Crippen LogP contribution in [0.3, 0.4) is 0 Å². The molecule has 1 atom stereocenters. The molecule has 0 saturated carbocycles. The average molecular weight is 338 g/mol. The number of piperidine rings is 1. The van der Waals surface area contributed by atoms with Gasteiger partial charge in [-0.15, -0.1) is 0 Å². The van der Waals surface area contributed by atoms with Crippen molar-refractivity contribution in [3.05, 3.63) is 22.4 Å². The second-order valence-electron chi connectivity index (χ2n) is 7.02. The highest BCUT2D eigenvalue weighted by Gasteiger charge is 2.31. The predicted octanol–water partition coefficient (Wildman–Crippen LogP) is 3.61. The molecule has 2 heterocycles. The molecule has 0 N–H and O–H groups in total. The van der Waals surface area contributed by atoms with Crippen molar-refractivity contribution in [2.45, 2.75) is 51.7 Å². The molecule has 6 heteroatoms. The van der Waals surface area contributed by atoms with Gasteiger partial charge >= 0.3 is 6.09 Å². The molecule has 0 radical (unpaired) electrons. The third-order valence-corrected chi connectivity index (χ3v) is 4.54. The second-order valence-corrected chi connectivity index (χ2v) is 7.80. The Morgan fingerprint density at radius 1 is 1.39 bits per heavy atom. The lowest BCUT2D eigenvalue weighted by Crippen LogP contribution is -2.51. The Morgan fingerprint density at radius 2 is 2.13 bits per heavy atom. The molecule has 1 aromatic rings. The summed E-state index contributed by atoms with van der Waals surface area (Å²) < 4.78 is 5.51. The van der Waals surface area contributed by atoms with Crippen LogP contribution in [0, 0.1) is 0 Å². The zero-order chi connectivity index (χ0) is 17.0. The first-order chi connectivity index (χ1) is 10.8. The van der Waals surface area contributed by atoms with Crippen LogP contribution in [0.5, 0.6) is 0 Å². The van der Waals surface area contributed by atoms with Gasteiger partial charge in [0.2, 0.25) is 0 Å². The number of nitrogens with zero attached hydrogens (tertiary/aromatic N) is 2. The monoisotopic (exact) mass is 338 g/mol. The van der Waals surface area contributed by atoms with Crippen LogP contribution in [0.25, 0.3) is 0 Å². The molecule has 0 unspecified atom stereocenters. The largest absolute Gasteiger partial charge is 0.444 e. The maximum absolute atomic E-state index is 12.4. The summed E-state index contributed by atoms with van der Waals surface area (Å²) in [5, 5.41) is 3.75. The van der Waals surface area contributed by atoms with Gasteiger partial charge in [0.15, 0.2) is 0 Å². The van der Waals surface area contributed by atoms with Crippen molar-refractivity contribution in [2.24, 2.45) is 0 Å². The van der Waals surface area contributed by atoms with Gasteiger partial charge in [-0.1, -0.05) is 0 Å². The Balaban J connectivity index is 2.00. The lowest BCUT2D eigenvalue weighted by atomic mass is 10.0. The molecule has 1 aliphatic heterocycles. The number of likely N-dealkylation sites (N-methyl/N-ethyl adjacent to an activating group) is 1. The zero-order valence-electron chi connectivity index (χ0n) is 14.4. The van der Waals surface area contributed by atoms with Crippen molar-refractivity contribution in [1.82, 2.24) is 9.80 Å². The van der Waals surface area contributed by atoms with E-state index < -0.39 is 5.60 Å². The standard InChI is InChI=1S/C17H26N2O3S/c1-17(2,3)22-16(21)19-9-6-5-7-14(19)11-18(4)15(20)13-8-10-23-12-13/h8,10,12,14H,5-7,9,11H2,1-4H3/t14-/m1/s1. The number of hydrogen-bond acceptors (Lipinski definition) is 4. The number of carbonyl (C=O) groups is 2. The van der Waals surface area contributed by atoms with Gasteiger partial charge < -0.3 is 14.5 Å². The fourth-order valence-corrected chi connectivity index (χ4v) is 3.39. The zero-order valence-corrected chi connectivity index (χ0v) is 15.2. The Hall–Kier alpha value is -1.56. The topological polar surface area (TPSA) is 49.9 Å². The van der Waals surface area contributed by atoms with Crippen molar-refractivity contribution >= 4 is 23.3 Å². The molecule has 5 nitrogen and oxygen atoms in total. The first-order valence-electron chi connectivity index (χ1n) is 8.05. The van der Waals surface area contributed by atoms with Gasteiger partial charge in [0.05, 0.1) is 11.6 Å². The van der Waals surface area contributed by atoms with Crippen LogP contribution in [-0.4, -0.2) is 53.6 Å². The molecule has 1 aromatic heterocycles. The van der Waals surface area contributed by atoms with Gasteiger partial charge in [-0.25, -0.2) is 4.79 Å². The number of rotatable bonds is 3. The quantitative estimate of drug-likeness (QED) is 0.846. The average Bonchev–Trinajstić information content (AvgIpc) is 2.99. The molecule has 2 rings (SSSR count). The van der Waals surface area contributed by atoms with Crippen molar-refractivity contribution in [2.75, 3.05) is 20.1 Å². The minimum atomic E-state index is -0.503. The van der Waals surface area contributed by atoms with E-state index in [1.807, 2.05) is 37.6 Å². The summed E-state index contributed by atoms with van der Waals surface area (Å²) in [5.41, 5.74) is 0.203. The number of likely N-dealkylation sites (tertiary alicyclic amines) is 1. The molecule has 0 spiro atoms. The summed E-state index contributed by atoms with van der Waals surface area (Å²) >= 11 is 1.51. The van der Waals surface area contributed by atoms with Crippen molar-refractivity contribution in [3.8, 4) is 0 Å². The normalized spacial score (nSPS) is 18.6. The van der Waals surface area contributed by atoms with Crippen molar-refractivity contribution < 1.29 is 14.3 Å². The first-order valence-corrected chi connectivity index (χ1v) is 8.99. The van der Waals surface area contributed by atoms with Crippen LogP contribution in [0.1, 0.15) is 50.4 Å². The van der Waals surface area contributed by atoms with E-state index in [2.05, 4.69) is 0 Å². The molecule has 0 aliphatic carbocycles. The molecular weight excluding hydrogens is 312 g/mol. The molecule has 2 amide bonds. The SMILES string of the molecule is CN(C[C@H]1CCCCN1C(=O)OC(C)(C)C)C(=O)c1ccsc1. The number of ether oxygens (including phenoxy) is 1. The fourth-order valence-electron chi connectivity index (χ4n) is 2.76. The highest BCUT2D eigenvalue weighted by molar-refractivity contribution is 7.08. The number of amides is 2. The number of hydrogen-bond donors (Lipinski definition) is 0. The van der Waals surface area contributed by atoms with Gasteiger partial charge in [-0.3, -0.25) is 4.79 Å². The number of thiophene rings is 1. The van der Waals surface area contributed by atoms with E-state index in [0.29, 0.717) is 18.7 Å².